The Morgan fingerprint density at radius 3 is 2.57 bits per heavy atom. The Morgan fingerprint density at radius 2 is 1.80 bits per heavy atom. The van der Waals surface area contributed by atoms with E-state index in [1.807, 2.05) is 65.4 Å². The molecule has 0 radical (unpaired) electrons. The molecular weight excluding hydrogens is 588 g/mol. The summed E-state index contributed by atoms with van der Waals surface area (Å²) in [6, 6.07) is 15.5. The highest BCUT2D eigenvalue weighted by molar-refractivity contribution is 6.06. The van der Waals surface area contributed by atoms with E-state index in [1.165, 1.54) is 0 Å². The number of carbonyl (C=O) groups excluding carboxylic acids is 2. The van der Waals surface area contributed by atoms with Crippen LogP contribution in [0.5, 0.6) is 5.75 Å². The minimum atomic E-state index is -0.376. The van der Waals surface area contributed by atoms with Crippen LogP contribution in [0, 0.1) is 0 Å². The van der Waals surface area contributed by atoms with Crippen molar-refractivity contribution in [2.45, 2.75) is 45.9 Å². The van der Waals surface area contributed by atoms with E-state index in [4.69, 9.17) is 24.9 Å². The summed E-state index contributed by atoms with van der Waals surface area (Å²) in [5.74, 6) is 1.55. The van der Waals surface area contributed by atoms with Gasteiger partial charge in [-0.25, -0.2) is 14.8 Å². The van der Waals surface area contributed by atoms with Gasteiger partial charge in [-0.1, -0.05) is 30.3 Å². The number of nitrogens with zero attached hydrogens (tertiary/aromatic N) is 5. The third-order valence-electron chi connectivity index (χ3n) is 7.51. The average molecular weight is 636 g/mol. The van der Waals surface area contributed by atoms with Crippen molar-refractivity contribution in [1.29, 1.82) is 0 Å². The zero-order valence-electron chi connectivity index (χ0n) is 27.6. The smallest absolute Gasteiger partial charge is 0.395 e. The van der Waals surface area contributed by atoms with E-state index in [-0.39, 0.29) is 31.1 Å². The van der Waals surface area contributed by atoms with E-state index in [0.29, 0.717) is 69.3 Å². The fraction of sp³-hybridized carbons (Fsp3) is 0.471. The monoisotopic (exact) mass is 635 g/mol. The number of nitrogens with two attached hydrogens (primary N) is 1. The number of aromatic hydroxyl groups is 1. The van der Waals surface area contributed by atoms with Crippen LogP contribution >= 0.6 is 0 Å². The highest BCUT2D eigenvalue weighted by atomic mass is 16.6. The summed E-state index contributed by atoms with van der Waals surface area (Å²) >= 11 is 0. The quantitative estimate of drug-likeness (QED) is 0.129. The number of amides is 1. The lowest BCUT2D eigenvalue weighted by Gasteiger charge is -2.26. The number of benzene rings is 2. The van der Waals surface area contributed by atoms with Crippen LogP contribution in [0.3, 0.4) is 0 Å². The van der Waals surface area contributed by atoms with Crippen LogP contribution in [0.25, 0.3) is 21.9 Å². The number of methoxy groups -OCH3 is 2. The van der Waals surface area contributed by atoms with Gasteiger partial charge in [0.05, 0.1) is 36.9 Å². The minimum absolute atomic E-state index is 0.00967. The second kappa shape index (κ2) is 16.9. The summed E-state index contributed by atoms with van der Waals surface area (Å²) in [4.78, 5) is 39.0. The zero-order chi connectivity index (χ0) is 33.1. The number of aryl methyl sites for hydroxylation is 1. The highest BCUT2D eigenvalue weighted by Crippen LogP contribution is 2.29. The van der Waals surface area contributed by atoms with Gasteiger partial charge in [0.15, 0.2) is 5.82 Å². The van der Waals surface area contributed by atoms with E-state index in [9.17, 15) is 9.59 Å². The number of hydrogen-bond acceptors (Lipinski definition) is 9. The Labute approximate surface area is 270 Å². The molecule has 0 saturated heterocycles. The molecule has 2 aromatic heterocycles. The van der Waals surface area contributed by atoms with E-state index in [2.05, 4.69) is 14.3 Å². The van der Waals surface area contributed by atoms with Crippen molar-refractivity contribution in [3.63, 3.8) is 0 Å². The van der Waals surface area contributed by atoms with Crippen LogP contribution in [0.2, 0.25) is 0 Å². The van der Waals surface area contributed by atoms with Crippen molar-refractivity contribution in [3.8, 4) is 5.75 Å². The van der Waals surface area contributed by atoms with Crippen LogP contribution in [0.4, 0.5) is 5.82 Å². The maximum atomic E-state index is 13.7. The van der Waals surface area contributed by atoms with Crippen molar-refractivity contribution in [2.75, 3.05) is 66.5 Å². The van der Waals surface area contributed by atoms with Crippen molar-refractivity contribution < 1.29 is 28.5 Å². The highest BCUT2D eigenvalue weighted by Gasteiger charge is 2.20. The summed E-state index contributed by atoms with van der Waals surface area (Å²) in [6.45, 7) is 7.05. The molecule has 0 saturated carbocycles. The third-order valence-corrected chi connectivity index (χ3v) is 7.51. The maximum absolute atomic E-state index is 13.7. The number of para-hydroxylation sites is 1. The van der Waals surface area contributed by atoms with Crippen molar-refractivity contribution in [2.24, 2.45) is 0 Å². The average Bonchev–Trinajstić information content (AvgIpc) is 3.40. The third kappa shape index (κ3) is 9.38. The molecule has 0 unspecified atom stereocenters. The van der Waals surface area contributed by atoms with Gasteiger partial charge in [-0.15, -0.1) is 0 Å². The van der Waals surface area contributed by atoms with Gasteiger partial charge < -0.3 is 34.1 Å². The number of aromatic nitrogens is 3. The normalized spacial score (nSPS) is 11.5. The number of anilines is 1. The molecule has 0 aliphatic heterocycles. The first-order valence-corrected chi connectivity index (χ1v) is 15.6. The van der Waals surface area contributed by atoms with Crippen LogP contribution in [-0.4, -0.2) is 108 Å². The minimum Gasteiger partial charge on any atom is -0.575 e. The van der Waals surface area contributed by atoms with Crippen molar-refractivity contribution in [1.82, 2.24) is 24.3 Å². The van der Waals surface area contributed by atoms with Gasteiger partial charge in [-0.3, -0.25) is 9.69 Å². The first-order valence-electron chi connectivity index (χ1n) is 15.6. The second-order valence-corrected chi connectivity index (χ2v) is 11.6. The largest absolute Gasteiger partial charge is 0.575 e. The molecule has 1 amide bonds. The molecule has 12 heteroatoms. The number of likely N-dealkylation sites (N-methyl/N-ethyl adjacent to an activating group) is 1. The summed E-state index contributed by atoms with van der Waals surface area (Å²) in [5, 5.41) is 0.980. The number of carbonyl (C=O) groups is 2. The van der Waals surface area contributed by atoms with Crippen LogP contribution in [0.1, 0.15) is 31.7 Å². The number of ether oxygens (including phenoxy) is 4. The molecular formula is C34H47N6O6+. The van der Waals surface area contributed by atoms with E-state index in [1.54, 1.807) is 28.1 Å². The summed E-state index contributed by atoms with van der Waals surface area (Å²) in [6.07, 6.45) is 1.10. The molecule has 0 bridgehead atoms. The fourth-order valence-electron chi connectivity index (χ4n) is 5.33. The van der Waals surface area contributed by atoms with Gasteiger partial charge >= 0.3 is 5.97 Å². The molecule has 0 fully saturated rings. The first kappa shape index (κ1) is 34.6. The summed E-state index contributed by atoms with van der Waals surface area (Å²) in [5.41, 5.74) is 9.72. The molecule has 2 aromatic carbocycles. The number of fused-ring (bicyclic) bond motifs is 3. The molecule has 4 rings (SSSR count). The molecule has 46 heavy (non-hydrogen) atoms. The van der Waals surface area contributed by atoms with Crippen LogP contribution in [-0.2, 0) is 43.3 Å². The molecule has 2 heterocycles. The Morgan fingerprint density at radius 1 is 1.02 bits per heavy atom. The molecule has 0 atom stereocenters. The zero-order valence-corrected chi connectivity index (χ0v) is 27.6. The van der Waals surface area contributed by atoms with Gasteiger partial charge in [0, 0.05) is 64.3 Å². The molecule has 248 valence electrons. The second-order valence-electron chi connectivity index (χ2n) is 11.6. The summed E-state index contributed by atoms with van der Waals surface area (Å²) < 4.78 is 22.4. The number of pyridine rings is 1. The Kier molecular flexibility index (Phi) is 12.7. The van der Waals surface area contributed by atoms with Gasteiger partial charge in [0.25, 0.3) is 12.4 Å². The topological polar surface area (TPSA) is 138 Å². The van der Waals surface area contributed by atoms with E-state index >= 15 is 0 Å². The maximum Gasteiger partial charge on any atom is 0.395 e. The lowest BCUT2D eigenvalue weighted by atomic mass is 10.1. The number of aliphatic hydroxyl groups is 1. The Balaban J connectivity index is 1.55. The molecule has 4 aromatic rings. The van der Waals surface area contributed by atoms with Crippen LogP contribution in [0.15, 0.2) is 48.5 Å². The molecule has 0 spiro atoms. The Hall–Kier alpha value is -4.26. The Bertz CT molecular complexity index is 1610. The summed E-state index contributed by atoms with van der Waals surface area (Å²) in [7, 11) is 5.23. The number of imidazole rings is 1. The molecule has 3 N–H and O–H groups in total. The SMILES string of the molecule is COCCc1nc2c(N)nc3ccccc3c2n1CCCN(Cc1cccc([OH+]CC(=O)OC(C)C)c1)C(=O)CN(C)CCOC. The van der Waals surface area contributed by atoms with Gasteiger partial charge in [0.1, 0.15) is 11.3 Å². The molecule has 0 aliphatic rings. The van der Waals surface area contributed by atoms with E-state index in [0.717, 1.165) is 27.8 Å². The lowest BCUT2D eigenvalue weighted by molar-refractivity contribution is -0.156. The predicted molar refractivity (Wildman–Crippen MR) is 179 cm³/mol. The van der Waals surface area contributed by atoms with Gasteiger partial charge in [0.2, 0.25) is 5.91 Å². The first-order chi connectivity index (χ1) is 22.2. The predicted octanol–water partition coefficient (Wildman–Crippen LogP) is 3.55. The standard InChI is InChI=1S/C34H46N6O6/c1-24(2)46-31(42)23-45-26-11-8-10-25(20-26)21-39(30(41)22-38(3)17-19-44-5)15-9-16-40-29(14-18-43-4)37-32-33(40)27-12-6-7-13-28(27)36-34(32)35/h6-8,10-13,20,24H,9,14-19,21-23H2,1-5H3,(H2,35,36)/p+1. The molecule has 0 aliphatic carbocycles. The van der Waals surface area contributed by atoms with Crippen molar-refractivity contribution >= 4 is 39.6 Å². The number of hydrogen-bond donors (Lipinski definition) is 1. The lowest BCUT2D eigenvalue weighted by Crippen LogP contribution is -2.40. The van der Waals surface area contributed by atoms with Gasteiger partial charge in [-0.2, -0.15) is 0 Å². The van der Waals surface area contributed by atoms with E-state index < -0.39 is 0 Å². The number of nitrogen functional groups attached to an aromatic ring is 1. The molecule has 12 nitrogen and oxygen atoms in total. The van der Waals surface area contributed by atoms with Crippen LogP contribution < -0.4 is 5.73 Å². The number of esters is 1. The fourth-order valence-corrected chi connectivity index (χ4v) is 5.33. The van der Waals surface area contributed by atoms with Gasteiger partial charge in [-0.05, 0) is 38.9 Å². The number of rotatable bonds is 18. The van der Waals surface area contributed by atoms with Crippen molar-refractivity contribution in [3.05, 3.63) is 59.9 Å².